The summed E-state index contributed by atoms with van der Waals surface area (Å²) in [6.07, 6.45) is 7.31. The molecule has 0 saturated heterocycles. The Bertz CT molecular complexity index is 627. The summed E-state index contributed by atoms with van der Waals surface area (Å²) in [5.41, 5.74) is -0.0835. The number of hydrogen-bond acceptors (Lipinski definition) is 3. The predicted octanol–water partition coefficient (Wildman–Crippen LogP) is 1.38. The molecule has 0 aromatic carbocycles. The third-order valence-corrected chi connectivity index (χ3v) is 5.64. The molecule has 1 amide bonds. The molecule has 1 aromatic rings. The maximum atomic E-state index is 12.4. The molecule has 2 fully saturated rings. The summed E-state index contributed by atoms with van der Waals surface area (Å²) in [6.45, 7) is 2.20. The fraction of sp³-hybridized carbons (Fsp3) is 0.824. The monoisotopic (exact) mass is 320 g/mol. The van der Waals surface area contributed by atoms with Crippen molar-refractivity contribution in [2.75, 3.05) is 0 Å². The summed E-state index contributed by atoms with van der Waals surface area (Å²) in [7, 11) is 3.46. The molecule has 128 valence electrons. The highest BCUT2D eigenvalue weighted by Gasteiger charge is 2.35. The van der Waals surface area contributed by atoms with Gasteiger partial charge in [-0.15, -0.1) is 0 Å². The summed E-state index contributed by atoms with van der Waals surface area (Å²) >= 11 is 0. The highest BCUT2D eigenvalue weighted by molar-refractivity contribution is 5.79. The summed E-state index contributed by atoms with van der Waals surface area (Å²) in [5.74, 6) is 2.34. The van der Waals surface area contributed by atoms with Crippen molar-refractivity contribution in [3.63, 3.8) is 0 Å². The zero-order chi connectivity index (χ0) is 16.6. The van der Waals surface area contributed by atoms with Crippen molar-refractivity contribution in [3.8, 4) is 0 Å². The molecule has 0 aliphatic heterocycles. The smallest absolute Gasteiger partial charge is 0.345 e. The minimum Gasteiger partial charge on any atom is -0.353 e. The topological polar surface area (TPSA) is 68.9 Å². The fourth-order valence-corrected chi connectivity index (χ4v) is 4.08. The van der Waals surface area contributed by atoms with Gasteiger partial charge in [0.15, 0.2) is 0 Å². The first-order valence-corrected chi connectivity index (χ1v) is 8.85. The van der Waals surface area contributed by atoms with Crippen LogP contribution in [0, 0.1) is 17.8 Å². The lowest BCUT2D eigenvalue weighted by atomic mass is 9.75. The Morgan fingerprint density at radius 1 is 1.26 bits per heavy atom. The van der Waals surface area contributed by atoms with Gasteiger partial charge in [-0.25, -0.2) is 9.48 Å². The van der Waals surface area contributed by atoms with Gasteiger partial charge in [0.1, 0.15) is 5.82 Å². The molecule has 6 nitrogen and oxygen atoms in total. The van der Waals surface area contributed by atoms with Crippen molar-refractivity contribution in [2.45, 2.75) is 57.9 Å². The Labute approximate surface area is 137 Å². The maximum absolute atomic E-state index is 12.4. The van der Waals surface area contributed by atoms with Crippen LogP contribution in [0.1, 0.15) is 51.3 Å². The summed E-state index contributed by atoms with van der Waals surface area (Å²) in [5, 5.41) is 7.64. The molecule has 6 heteroatoms. The number of aryl methyl sites for hydroxylation is 1. The van der Waals surface area contributed by atoms with Gasteiger partial charge in [0, 0.05) is 32.5 Å². The molecule has 1 aromatic heterocycles. The van der Waals surface area contributed by atoms with Crippen LogP contribution in [0.25, 0.3) is 0 Å². The fourth-order valence-electron chi connectivity index (χ4n) is 4.08. The van der Waals surface area contributed by atoms with Crippen LogP contribution in [0.2, 0.25) is 0 Å². The van der Waals surface area contributed by atoms with Gasteiger partial charge < -0.3 is 5.32 Å². The van der Waals surface area contributed by atoms with Gasteiger partial charge in [0.05, 0.1) is 0 Å². The van der Waals surface area contributed by atoms with Crippen molar-refractivity contribution >= 4 is 5.91 Å². The van der Waals surface area contributed by atoms with Gasteiger partial charge in [-0.1, -0.05) is 19.8 Å². The number of carbonyl (C=O) groups excluding carboxylic acids is 1. The van der Waals surface area contributed by atoms with E-state index in [4.69, 9.17) is 0 Å². The summed E-state index contributed by atoms with van der Waals surface area (Å²) in [6, 6.07) is 0.226. The third-order valence-electron chi connectivity index (χ3n) is 5.64. The van der Waals surface area contributed by atoms with Crippen molar-refractivity contribution in [2.24, 2.45) is 31.8 Å². The quantitative estimate of drug-likeness (QED) is 0.911. The molecule has 0 radical (unpaired) electrons. The lowest BCUT2D eigenvalue weighted by molar-refractivity contribution is -0.130. The molecule has 0 spiro atoms. The Balaban J connectivity index is 1.65. The first-order chi connectivity index (χ1) is 11.0. The van der Waals surface area contributed by atoms with Crippen molar-refractivity contribution in [1.29, 1.82) is 0 Å². The third kappa shape index (κ3) is 3.35. The Kier molecular flexibility index (Phi) is 4.60. The lowest BCUT2D eigenvalue weighted by Crippen LogP contribution is -2.47. The van der Waals surface area contributed by atoms with Crippen molar-refractivity contribution in [3.05, 3.63) is 16.3 Å². The zero-order valence-electron chi connectivity index (χ0n) is 14.4. The van der Waals surface area contributed by atoms with E-state index in [2.05, 4.69) is 17.3 Å². The van der Waals surface area contributed by atoms with Crippen LogP contribution in [-0.4, -0.2) is 26.3 Å². The highest BCUT2D eigenvalue weighted by atomic mass is 16.2. The van der Waals surface area contributed by atoms with Gasteiger partial charge in [-0.3, -0.25) is 9.36 Å². The molecule has 2 aliphatic rings. The first-order valence-electron chi connectivity index (χ1n) is 8.85. The van der Waals surface area contributed by atoms with Gasteiger partial charge in [-0.05, 0) is 37.5 Å². The standard InChI is InChI=1S/C17H28N4O2/c1-11-8-13(9-11)16(22)18-14-7-5-4-6-12(14)10-15-19-21(3)17(23)20(15)2/h11-14H,4-10H2,1-3H3,(H,18,22)/t11?,12-,13?,14-/m1/s1. The maximum Gasteiger partial charge on any atom is 0.345 e. The number of nitrogens with zero attached hydrogens (tertiary/aromatic N) is 3. The largest absolute Gasteiger partial charge is 0.353 e. The van der Waals surface area contributed by atoms with Crippen LogP contribution in [0.3, 0.4) is 0 Å². The van der Waals surface area contributed by atoms with Gasteiger partial charge in [0.25, 0.3) is 0 Å². The Morgan fingerprint density at radius 2 is 1.96 bits per heavy atom. The molecule has 2 aliphatic carbocycles. The summed E-state index contributed by atoms with van der Waals surface area (Å²) < 4.78 is 3.02. The molecule has 2 saturated carbocycles. The van der Waals surface area contributed by atoms with Crippen LogP contribution in [-0.2, 0) is 25.3 Å². The Hall–Kier alpha value is -1.59. The molecule has 23 heavy (non-hydrogen) atoms. The molecule has 2 atom stereocenters. The van der Waals surface area contributed by atoms with E-state index in [1.165, 1.54) is 17.5 Å². The van der Waals surface area contributed by atoms with Gasteiger partial charge >= 0.3 is 5.69 Å². The van der Waals surface area contributed by atoms with Crippen LogP contribution in [0.4, 0.5) is 0 Å². The number of hydrogen-bond donors (Lipinski definition) is 1. The van der Waals surface area contributed by atoms with Crippen LogP contribution in [0.15, 0.2) is 4.79 Å². The number of amides is 1. The Morgan fingerprint density at radius 3 is 2.57 bits per heavy atom. The zero-order valence-corrected chi connectivity index (χ0v) is 14.4. The predicted molar refractivity (Wildman–Crippen MR) is 87.9 cm³/mol. The second-order valence-electron chi connectivity index (χ2n) is 7.52. The summed E-state index contributed by atoms with van der Waals surface area (Å²) in [4.78, 5) is 24.2. The lowest BCUT2D eigenvalue weighted by Gasteiger charge is -2.36. The molecular weight excluding hydrogens is 292 g/mol. The molecule has 1 N–H and O–H groups in total. The van der Waals surface area contributed by atoms with E-state index in [9.17, 15) is 9.59 Å². The minimum absolute atomic E-state index is 0.0835. The highest BCUT2D eigenvalue weighted by Crippen LogP contribution is 2.34. The second kappa shape index (κ2) is 6.49. The number of carbonyl (C=O) groups is 1. The molecule has 1 heterocycles. The average Bonchev–Trinajstić information content (AvgIpc) is 2.73. The van der Waals surface area contributed by atoms with Crippen LogP contribution in [0.5, 0.6) is 0 Å². The number of rotatable bonds is 4. The van der Waals surface area contributed by atoms with E-state index in [0.717, 1.165) is 37.9 Å². The SMILES string of the molecule is CC1CC(C(=O)N[C@@H]2CCCC[C@@H]2Cc2nn(C)c(=O)n2C)C1. The molecular formula is C17H28N4O2. The van der Waals surface area contributed by atoms with Gasteiger partial charge in [0.2, 0.25) is 5.91 Å². The molecule has 0 unspecified atom stereocenters. The van der Waals surface area contributed by atoms with E-state index in [1.54, 1.807) is 18.7 Å². The average molecular weight is 320 g/mol. The molecule has 3 rings (SSSR count). The van der Waals surface area contributed by atoms with E-state index in [0.29, 0.717) is 11.8 Å². The van der Waals surface area contributed by atoms with E-state index in [-0.39, 0.29) is 23.6 Å². The molecule has 0 bridgehead atoms. The van der Waals surface area contributed by atoms with Crippen molar-refractivity contribution < 1.29 is 4.79 Å². The van der Waals surface area contributed by atoms with Crippen LogP contribution >= 0.6 is 0 Å². The minimum atomic E-state index is -0.0835. The first kappa shape index (κ1) is 16.3. The van der Waals surface area contributed by atoms with Crippen molar-refractivity contribution in [1.82, 2.24) is 19.7 Å². The normalized spacial score (nSPS) is 30.7. The van der Waals surface area contributed by atoms with E-state index < -0.39 is 0 Å². The second-order valence-corrected chi connectivity index (χ2v) is 7.52. The van der Waals surface area contributed by atoms with E-state index in [1.807, 2.05) is 0 Å². The number of aromatic nitrogens is 3. The number of nitrogens with one attached hydrogen (secondary N) is 1. The van der Waals surface area contributed by atoms with Crippen LogP contribution < -0.4 is 11.0 Å². The van der Waals surface area contributed by atoms with Gasteiger partial charge in [-0.2, -0.15) is 5.10 Å². The van der Waals surface area contributed by atoms with E-state index >= 15 is 0 Å².